The van der Waals surface area contributed by atoms with E-state index in [2.05, 4.69) is 219 Å². The van der Waals surface area contributed by atoms with Gasteiger partial charge >= 0.3 is 0 Å². The van der Waals surface area contributed by atoms with Crippen LogP contribution in [-0.4, -0.2) is 19.5 Å². The fourth-order valence-electron chi connectivity index (χ4n) is 10.3. The first kappa shape index (κ1) is 37.2. The molecule has 3 heterocycles. The number of para-hydroxylation sites is 2. The van der Waals surface area contributed by atoms with Crippen molar-refractivity contribution in [3.05, 3.63) is 217 Å². The zero-order valence-electron chi connectivity index (χ0n) is 35.8. The SMILES string of the molecule is CC1(C)c2ccccc2-c2c(-c3nc(-c4ccc5c(c4)oc4cccc(-c6ccc(-c7ccccc7)cc6)c45)nc(-c4ccc5c6ccccc6n(-c6ccccc6)c5c4)n3)cccc21. The summed E-state index contributed by atoms with van der Waals surface area (Å²) in [7, 11) is 0. The van der Waals surface area contributed by atoms with E-state index in [0.717, 1.165) is 66.5 Å². The maximum Gasteiger partial charge on any atom is 0.164 e. The predicted octanol–water partition coefficient (Wildman–Crippen LogP) is 15.5. The Hall–Kier alpha value is -8.41. The molecule has 0 saturated heterocycles. The van der Waals surface area contributed by atoms with Crippen molar-refractivity contribution < 1.29 is 4.42 Å². The molecule has 0 fully saturated rings. The number of hydrogen-bond acceptors (Lipinski definition) is 4. The molecule has 13 rings (SSSR count). The van der Waals surface area contributed by atoms with E-state index in [-0.39, 0.29) is 5.41 Å². The lowest BCUT2D eigenvalue weighted by Gasteiger charge is -2.21. The van der Waals surface area contributed by atoms with Crippen molar-refractivity contribution in [1.29, 1.82) is 0 Å². The zero-order chi connectivity index (χ0) is 43.2. The second kappa shape index (κ2) is 14.3. The Kier molecular flexibility index (Phi) is 8.18. The Morgan fingerprint density at radius 2 is 0.954 bits per heavy atom. The van der Waals surface area contributed by atoms with Crippen molar-refractivity contribution >= 4 is 43.7 Å². The first-order valence-electron chi connectivity index (χ1n) is 22.2. The van der Waals surface area contributed by atoms with Crippen molar-refractivity contribution in [3.8, 4) is 73.2 Å². The normalized spacial score (nSPS) is 12.9. The fraction of sp³-hybridized carbons (Fsp3) is 0.0500. The molecule has 306 valence electrons. The molecule has 3 aromatic heterocycles. The number of rotatable bonds is 6. The third kappa shape index (κ3) is 5.82. The highest BCUT2D eigenvalue weighted by atomic mass is 16.3. The quantitative estimate of drug-likeness (QED) is 0.167. The third-order valence-electron chi connectivity index (χ3n) is 13.5. The lowest BCUT2D eigenvalue weighted by Crippen LogP contribution is -2.14. The standard InChI is InChI=1S/C60H40N4O/c1-60(2)49-23-11-9-20-46(49)55-48(22-13-24-50(55)60)59-62-57(40-31-33-45-44-19-10-12-25-51(44)64(52(45)35-40)42-17-7-4-8-18-42)61-58(63-59)41-32-34-47-54(36-41)65-53-26-14-21-43(56(47)53)39-29-27-38(28-30-39)37-15-5-3-6-16-37/h3-36H,1-2H3. The molecule has 0 atom stereocenters. The Morgan fingerprint density at radius 1 is 0.385 bits per heavy atom. The van der Waals surface area contributed by atoms with Crippen LogP contribution in [0.5, 0.6) is 0 Å². The number of fused-ring (bicyclic) bond motifs is 9. The van der Waals surface area contributed by atoms with Crippen LogP contribution in [0.3, 0.4) is 0 Å². The summed E-state index contributed by atoms with van der Waals surface area (Å²) in [6.45, 7) is 4.61. The minimum Gasteiger partial charge on any atom is -0.456 e. The number of aromatic nitrogens is 4. The molecule has 5 nitrogen and oxygen atoms in total. The summed E-state index contributed by atoms with van der Waals surface area (Å²) in [5.41, 5.74) is 17.1. The topological polar surface area (TPSA) is 56.7 Å². The van der Waals surface area contributed by atoms with Gasteiger partial charge in [-0.15, -0.1) is 0 Å². The van der Waals surface area contributed by atoms with Crippen molar-refractivity contribution in [2.45, 2.75) is 19.3 Å². The van der Waals surface area contributed by atoms with Crippen molar-refractivity contribution in [2.24, 2.45) is 0 Å². The lowest BCUT2D eigenvalue weighted by molar-refractivity contribution is 0.660. The minimum absolute atomic E-state index is 0.175. The molecular weight excluding hydrogens is 793 g/mol. The minimum atomic E-state index is -0.175. The zero-order valence-corrected chi connectivity index (χ0v) is 35.8. The first-order valence-corrected chi connectivity index (χ1v) is 22.2. The molecule has 0 spiro atoms. The van der Waals surface area contributed by atoms with Crippen molar-refractivity contribution in [2.75, 3.05) is 0 Å². The van der Waals surface area contributed by atoms with Crippen LogP contribution in [0.25, 0.3) is 117 Å². The number of furan rings is 1. The third-order valence-corrected chi connectivity index (χ3v) is 13.5. The smallest absolute Gasteiger partial charge is 0.164 e. The monoisotopic (exact) mass is 832 g/mol. The van der Waals surface area contributed by atoms with Crippen LogP contribution in [0.15, 0.2) is 211 Å². The van der Waals surface area contributed by atoms with Crippen LogP contribution in [-0.2, 0) is 5.41 Å². The van der Waals surface area contributed by atoms with E-state index < -0.39 is 0 Å². The molecule has 0 unspecified atom stereocenters. The van der Waals surface area contributed by atoms with Crippen molar-refractivity contribution in [3.63, 3.8) is 0 Å². The van der Waals surface area contributed by atoms with Crippen LogP contribution in [0.1, 0.15) is 25.0 Å². The molecule has 12 aromatic rings. The summed E-state index contributed by atoms with van der Waals surface area (Å²) in [5.74, 6) is 1.81. The Balaban J connectivity index is 0.999. The average molecular weight is 833 g/mol. The summed E-state index contributed by atoms with van der Waals surface area (Å²) in [6, 6.07) is 73.0. The highest BCUT2D eigenvalue weighted by molar-refractivity contribution is 6.13. The van der Waals surface area contributed by atoms with Gasteiger partial charge in [0.15, 0.2) is 17.5 Å². The highest BCUT2D eigenvalue weighted by Gasteiger charge is 2.37. The van der Waals surface area contributed by atoms with Gasteiger partial charge in [-0.2, -0.15) is 0 Å². The Bertz CT molecular complexity index is 3840. The molecule has 0 N–H and O–H groups in total. The van der Waals surface area contributed by atoms with Crippen molar-refractivity contribution in [1.82, 2.24) is 19.5 Å². The molecule has 9 aromatic carbocycles. The highest BCUT2D eigenvalue weighted by Crippen LogP contribution is 2.52. The second-order valence-electron chi connectivity index (χ2n) is 17.6. The molecule has 1 aliphatic rings. The van der Waals surface area contributed by atoms with E-state index in [1.165, 1.54) is 44.2 Å². The van der Waals surface area contributed by atoms with Gasteiger partial charge in [0.2, 0.25) is 0 Å². The second-order valence-corrected chi connectivity index (χ2v) is 17.6. The number of hydrogen-bond donors (Lipinski definition) is 0. The molecule has 0 aliphatic heterocycles. The molecule has 0 bridgehead atoms. The van der Waals surface area contributed by atoms with E-state index in [1.54, 1.807) is 0 Å². The Morgan fingerprint density at radius 3 is 1.77 bits per heavy atom. The number of benzene rings is 9. The van der Waals surface area contributed by atoms with Gasteiger partial charge < -0.3 is 8.98 Å². The van der Waals surface area contributed by atoms with E-state index in [9.17, 15) is 0 Å². The van der Waals surface area contributed by atoms with E-state index >= 15 is 0 Å². The Labute approximate surface area is 376 Å². The maximum absolute atomic E-state index is 6.68. The summed E-state index contributed by atoms with van der Waals surface area (Å²) in [4.78, 5) is 16.0. The average Bonchev–Trinajstić information content (AvgIpc) is 3.99. The lowest BCUT2D eigenvalue weighted by atomic mass is 9.82. The van der Waals surface area contributed by atoms with Gasteiger partial charge in [0.25, 0.3) is 0 Å². The molecule has 0 amide bonds. The summed E-state index contributed by atoms with van der Waals surface area (Å²) in [5, 5.41) is 4.49. The fourth-order valence-corrected chi connectivity index (χ4v) is 10.3. The molecule has 5 heteroatoms. The van der Waals surface area contributed by atoms with Crippen LogP contribution in [0.2, 0.25) is 0 Å². The number of nitrogens with zero attached hydrogens (tertiary/aromatic N) is 4. The van der Waals surface area contributed by atoms with Crippen LogP contribution >= 0.6 is 0 Å². The molecular formula is C60H40N4O. The van der Waals surface area contributed by atoms with Gasteiger partial charge in [-0.1, -0.05) is 178 Å². The maximum atomic E-state index is 6.68. The van der Waals surface area contributed by atoms with E-state index in [0.29, 0.717) is 17.5 Å². The van der Waals surface area contributed by atoms with Gasteiger partial charge in [-0.3, -0.25) is 0 Å². The molecule has 0 radical (unpaired) electrons. The predicted molar refractivity (Wildman–Crippen MR) is 266 cm³/mol. The first-order chi connectivity index (χ1) is 32.0. The van der Waals surface area contributed by atoms with E-state index in [1.807, 2.05) is 6.07 Å². The van der Waals surface area contributed by atoms with Crippen LogP contribution < -0.4 is 0 Å². The van der Waals surface area contributed by atoms with Gasteiger partial charge in [-0.25, -0.2) is 15.0 Å². The van der Waals surface area contributed by atoms with Gasteiger partial charge in [0, 0.05) is 49.3 Å². The molecule has 0 saturated carbocycles. The van der Waals surface area contributed by atoms with Gasteiger partial charge in [0.05, 0.1) is 11.0 Å². The summed E-state index contributed by atoms with van der Waals surface area (Å²) >= 11 is 0. The van der Waals surface area contributed by atoms with Gasteiger partial charge in [0.1, 0.15) is 11.2 Å². The van der Waals surface area contributed by atoms with Crippen LogP contribution in [0, 0.1) is 0 Å². The summed E-state index contributed by atoms with van der Waals surface area (Å²) in [6.07, 6.45) is 0. The van der Waals surface area contributed by atoms with Gasteiger partial charge in [-0.05, 0) is 87.0 Å². The largest absolute Gasteiger partial charge is 0.456 e. The summed E-state index contributed by atoms with van der Waals surface area (Å²) < 4.78 is 9.02. The van der Waals surface area contributed by atoms with E-state index in [4.69, 9.17) is 19.4 Å². The van der Waals surface area contributed by atoms with Crippen LogP contribution in [0.4, 0.5) is 0 Å². The molecule has 1 aliphatic carbocycles. The molecule has 65 heavy (non-hydrogen) atoms.